The Labute approximate surface area is 225 Å². The predicted molar refractivity (Wildman–Crippen MR) is 148 cm³/mol. The molecule has 1 fully saturated rings. The second kappa shape index (κ2) is 12.2. The van der Waals surface area contributed by atoms with Gasteiger partial charge in [0, 0.05) is 0 Å². The number of carboxylic acids is 1. The molecule has 4 N–H and O–H groups in total. The Morgan fingerprint density at radius 1 is 0.895 bits per heavy atom. The minimum absolute atomic E-state index is 0.114. The van der Waals surface area contributed by atoms with Gasteiger partial charge in [0.05, 0.1) is 12.7 Å². The maximum absolute atomic E-state index is 12.1. The monoisotopic (exact) mass is 517 g/mol. The molecule has 3 aromatic carbocycles. The van der Waals surface area contributed by atoms with E-state index in [1.807, 2.05) is 60.7 Å². The molecule has 0 bridgehead atoms. The smallest absolute Gasteiger partial charge is 0.316 e. The van der Waals surface area contributed by atoms with Crippen molar-refractivity contribution in [3.05, 3.63) is 107 Å². The van der Waals surface area contributed by atoms with Gasteiger partial charge in [0.1, 0.15) is 11.0 Å². The molecular weight excluding hydrogens is 478 g/mol. The van der Waals surface area contributed by atoms with Gasteiger partial charge in [-0.3, -0.25) is 4.79 Å². The Morgan fingerprint density at radius 3 is 1.89 bits per heavy atom. The molecule has 1 aliphatic rings. The molecule has 0 amide bonds. The van der Waals surface area contributed by atoms with E-state index in [1.165, 1.54) is 6.92 Å². The van der Waals surface area contributed by atoms with E-state index in [4.69, 9.17) is 0 Å². The zero-order chi connectivity index (χ0) is 27.2. The van der Waals surface area contributed by atoms with Crippen molar-refractivity contribution in [3.8, 4) is 0 Å². The summed E-state index contributed by atoms with van der Waals surface area (Å²) in [5.41, 5.74) is 0.737. The maximum atomic E-state index is 12.1. The fourth-order valence-corrected chi connectivity index (χ4v) is 5.63. The molecule has 0 saturated carbocycles. The average molecular weight is 518 g/mol. The number of rotatable bonds is 11. The minimum Gasteiger partial charge on any atom is -0.481 e. The Hall–Kier alpha value is -3.03. The summed E-state index contributed by atoms with van der Waals surface area (Å²) in [6, 6.07) is 26.8. The normalized spacial score (nSPS) is 17.6. The number of aliphatic hydroxyl groups is 3. The molecule has 4 rings (SSSR count). The zero-order valence-electron chi connectivity index (χ0n) is 22.0. The van der Waals surface area contributed by atoms with Crippen LogP contribution in [0.25, 0.3) is 0 Å². The Bertz CT molecular complexity index is 1120. The van der Waals surface area contributed by atoms with Crippen molar-refractivity contribution in [2.75, 3.05) is 26.2 Å². The highest BCUT2D eigenvalue weighted by atomic mass is 16.4. The first-order chi connectivity index (χ1) is 18.3. The Morgan fingerprint density at radius 2 is 1.42 bits per heavy atom. The Balaban J connectivity index is 1.31. The van der Waals surface area contributed by atoms with Crippen molar-refractivity contribution in [1.29, 1.82) is 0 Å². The number of aliphatic carboxylic acids is 1. The first-order valence-electron chi connectivity index (χ1n) is 13.5. The Kier molecular flexibility index (Phi) is 9.00. The second-order valence-corrected chi connectivity index (χ2v) is 10.7. The first-order valence-corrected chi connectivity index (χ1v) is 13.5. The fraction of sp³-hybridized carbons (Fsp3) is 0.406. The lowest BCUT2D eigenvalue weighted by atomic mass is 9.72. The van der Waals surface area contributed by atoms with Gasteiger partial charge in [0.25, 0.3) is 0 Å². The molecule has 0 aliphatic carbocycles. The third kappa shape index (κ3) is 5.84. The van der Waals surface area contributed by atoms with Crippen LogP contribution >= 0.6 is 0 Å². The van der Waals surface area contributed by atoms with Crippen molar-refractivity contribution in [3.63, 3.8) is 0 Å². The minimum atomic E-state index is -1.36. The molecule has 3 aromatic rings. The number of piperidine rings is 1. The van der Waals surface area contributed by atoms with E-state index in [-0.39, 0.29) is 5.92 Å². The van der Waals surface area contributed by atoms with Gasteiger partial charge < -0.3 is 25.3 Å². The van der Waals surface area contributed by atoms with Crippen LogP contribution in [0, 0.1) is 5.92 Å². The van der Waals surface area contributed by atoms with E-state index in [9.17, 15) is 25.2 Å². The SMILES string of the molecule is CC(CO)(C(=O)O)c1ccc(C(O)CCCN2CCC(C(O)(c3ccccc3)c3ccccc3)CC2)cc1. The maximum Gasteiger partial charge on any atom is 0.316 e. The molecule has 0 aromatic heterocycles. The highest BCUT2D eigenvalue weighted by Gasteiger charge is 2.41. The summed E-state index contributed by atoms with van der Waals surface area (Å²) in [6.07, 6.45) is 2.58. The van der Waals surface area contributed by atoms with Gasteiger partial charge in [-0.15, -0.1) is 0 Å². The van der Waals surface area contributed by atoms with E-state index in [1.54, 1.807) is 24.3 Å². The summed E-state index contributed by atoms with van der Waals surface area (Å²) in [6.45, 7) is 3.66. The van der Waals surface area contributed by atoms with Crippen LogP contribution in [0.3, 0.4) is 0 Å². The number of benzene rings is 3. The van der Waals surface area contributed by atoms with E-state index >= 15 is 0 Å². The number of aliphatic hydroxyl groups excluding tert-OH is 2. The van der Waals surface area contributed by atoms with Crippen LogP contribution in [0.1, 0.15) is 61.0 Å². The van der Waals surface area contributed by atoms with Crippen LogP contribution in [0.15, 0.2) is 84.9 Å². The molecule has 38 heavy (non-hydrogen) atoms. The lowest BCUT2D eigenvalue weighted by molar-refractivity contribution is -0.144. The molecule has 2 unspecified atom stereocenters. The van der Waals surface area contributed by atoms with Crippen molar-refractivity contribution >= 4 is 5.97 Å². The topological polar surface area (TPSA) is 101 Å². The van der Waals surface area contributed by atoms with Crippen molar-refractivity contribution in [2.24, 2.45) is 5.92 Å². The van der Waals surface area contributed by atoms with Gasteiger partial charge in [-0.25, -0.2) is 0 Å². The van der Waals surface area contributed by atoms with Crippen LogP contribution in [0.4, 0.5) is 0 Å². The number of nitrogens with zero attached hydrogens (tertiary/aromatic N) is 1. The van der Waals surface area contributed by atoms with Crippen LogP contribution in [-0.2, 0) is 15.8 Å². The van der Waals surface area contributed by atoms with Crippen LogP contribution in [0.5, 0.6) is 0 Å². The molecule has 1 saturated heterocycles. The zero-order valence-corrected chi connectivity index (χ0v) is 22.0. The summed E-state index contributed by atoms with van der Waals surface area (Å²) >= 11 is 0. The van der Waals surface area contributed by atoms with Gasteiger partial charge in [-0.2, -0.15) is 0 Å². The number of carboxylic acid groups (broad SMARTS) is 1. The third-order valence-corrected chi connectivity index (χ3v) is 8.28. The summed E-state index contributed by atoms with van der Waals surface area (Å²) in [4.78, 5) is 14.0. The van der Waals surface area contributed by atoms with E-state index < -0.39 is 29.7 Å². The van der Waals surface area contributed by atoms with Gasteiger partial charge >= 0.3 is 5.97 Å². The molecular formula is C32H39NO5. The highest BCUT2D eigenvalue weighted by Crippen LogP contribution is 2.42. The number of likely N-dealkylation sites (tertiary alicyclic amines) is 1. The average Bonchev–Trinajstić information content (AvgIpc) is 2.97. The number of carbonyl (C=O) groups is 1. The van der Waals surface area contributed by atoms with Gasteiger partial charge in [-0.1, -0.05) is 84.9 Å². The number of hydrogen-bond acceptors (Lipinski definition) is 5. The standard InChI is InChI=1S/C32H39NO5/c1-31(23-34,30(36)37)25-16-14-24(15-17-25)29(35)13-8-20-33-21-18-28(19-22-33)32(38,26-9-4-2-5-10-26)27-11-6-3-7-12-27/h2-7,9-12,14-17,28-29,34-35,38H,8,13,18-23H2,1H3,(H,36,37). The summed E-state index contributed by atoms with van der Waals surface area (Å²) in [7, 11) is 0. The highest BCUT2D eigenvalue weighted by molar-refractivity contribution is 5.81. The first kappa shape index (κ1) is 28.0. The molecule has 1 heterocycles. The molecule has 202 valence electrons. The van der Waals surface area contributed by atoms with E-state index in [0.29, 0.717) is 12.0 Å². The van der Waals surface area contributed by atoms with Gasteiger partial charge in [0.2, 0.25) is 0 Å². The van der Waals surface area contributed by atoms with Crippen molar-refractivity contribution in [2.45, 2.75) is 49.7 Å². The quantitative estimate of drug-likeness (QED) is 0.299. The second-order valence-electron chi connectivity index (χ2n) is 10.7. The molecule has 0 spiro atoms. The summed E-state index contributed by atoms with van der Waals surface area (Å²) in [5.74, 6) is -0.967. The lowest BCUT2D eigenvalue weighted by Crippen LogP contribution is -2.44. The molecule has 6 heteroatoms. The fourth-order valence-electron chi connectivity index (χ4n) is 5.63. The molecule has 6 nitrogen and oxygen atoms in total. The lowest BCUT2D eigenvalue weighted by Gasteiger charge is -2.42. The largest absolute Gasteiger partial charge is 0.481 e. The molecule has 1 aliphatic heterocycles. The van der Waals surface area contributed by atoms with E-state index in [2.05, 4.69) is 4.90 Å². The van der Waals surface area contributed by atoms with Crippen LogP contribution in [0.2, 0.25) is 0 Å². The van der Waals surface area contributed by atoms with Crippen LogP contribution in [-0.4, -0.2) is 57.5 Å². The number of hydrogen-bond donors (Lipinski definition) is 4. The molecule has 2 atom stereocenters. The predicted octanol–water partition coefficient (Wildman–Crippen LogP) is 4.48. The third-order valence-electron chi connectivity index (χ3n) is 8.28. The van der Waals surface area contributed by atoms with Gasteiger partial charge in [-0.05, 0) is 80.4 Å². The van der Waals surface area contributed by atoms with Crippen LogP contribution < -0.4 is 0 Å². The van der Waals surface area contributed by atoms with Gasteiger partial charge in [0.15, 0.2) is 0 Å². The molecule has 0 radical (unpaired) electrons. The van der Waals surface area contributed by atoms with Crippen molar-refractivity contribution in [1.82, 2.24) is 4.90 Å². The summed E-state index contributed by atoms with van der Waals surface area (Å²) in [5, 5.41) is 41.8. The van der Waals surface area contributed by atoms with E-state index in [0.717, 1.165) is 55.6 Å². The summed E-state index contributed by atoms with van der Waals surface area (Å²) < 4.78 is 0. The van der Waals surface area contributed by atoms with Crippen molar-refractivity contribution < 1.29 is 25.2 Å².